The van der Waals surface area contributed by atoms with E-state index in [1.165, 1.54) is 5.56 Å². The standard InChI is InChI=1S/C60H54N4O/c1-58(2,3)38-30-31-61-55(34-38)64-52-26-15-14-22-47(52)48-29-28-41(36-54(48)64)65-42-33-39(59(4,5)6)32-40(35-42)62-37-63-56-49(23-16-25-51(56)60(7,8)9)45-20-12-10-18-43(45)44-19-11-13-21-46(44)50-24-17-27-53(62)57(50)63/h10-36H,1-9H3/i10D,11D,12D,13D,18D,19D,20D,21D. The van der Waals surface area contributed by atoms with Crippen LogP contribution in [0.1, 0.15) is 90.0 Å². The Hall–Kier alpha value is -7.24. The number of rotatable bonds is 4. The fourth-order valence-corrected chi connectivity index (χ4v) is 9.31. The minimum atomic E-state index is -0.517. The zero-order chi connectivity index (χ0) is 52.0. The Bertz CT molecular complexity index is 4000. The molecule has 3 aromatic heterocycles. The lowest BCUT2D eigenvalue weighted by Gasteiger charge is -2.26. The molecule has 0 bridgehead atoms. The van der Waals surface area contributed by atoms with Gasteiger partial charge in [0, 0.05) is 23.0 Å². The SMILES string of the molecule is [2H]c1c([2H])c([2H])c2c(c1[2H])-c1cccc(C(C)(C)C)c1-[n+]1[c-]n(-c3cc(Oc4ccc5c6ccccc6n(-c6cc(C(C)(C)C)ccn6)c5c4)cc(C(C)(C)C)c3)c3cccc(c31)-c1c([2H])c([2H])c([2H])c([2H])c1-2. The van der Waals surface area contributed by atoms with Crippen LogP contribution < -0.4 is 9.30 Å². The Morgan fingerprint density at radius 1 is 0.538 bits per heavy atom. The van der Waals surface area contributed by atoms with Crippen LogP contribution in [0.4, 0.5) is 0 Å². The quantitative estimate of drug-likeness (QED) is 0.131. The normalized spacial score (nSPS) is 14.4. The van der Waals surface area contributed by atoms with E-state index in [1.54, 1.807) is 0 Å². The maximum atomic E-state index is 9.57. The predicted octanol–water partition coefficient (Wildman–Crippen LogP) is 15.2. The molecule has 0 fully saturated rings. The summed E-state index contributed by atoms with van der Waals surface area (Å²) in [7, 11) is 0. The first-order valence-electron chi connectivity index (χ1n) is 26.1. The van der Waals surface area contributed by atoms with Crippen molar-refractivity contribution in [3.05, 3.63) is 187 Å². The molecule has 11 rings (SSSR count). The first-order valence-corrected chi connectivity index (χ1v) is 22.1. The molecule has 0 aliphatic carbocycles. The number of fused-ring (bicyclic) bond motifs is 10. The van der Waals surface area contributed by atoms with Gasteiger partial charge in [0.05, 0.1) is 44.4 Å². The molecule has 65 heavy (non-hydrogen) atoms. The van der Waals surface area contributed by atoms with Crippen molar-refractivity contribution in [3.63, 3.8) is 0 Å². The van der Waals surface area contributed by atoms with Gasteiger partial charge in [-0.15, -0.1) is 0 Å². The lowest BCUT2D eigenvalue weighted by molar-refractivity contribution is -0.572. The van der Waals surface area contributed by atoms with Gasteiger partial charge in [-0.2, -0.15) is 0 Å². The van der Waals surface area contributed by atoms with E-state index >= 15 is 0 Å². The molecule has 0 amide bonds. The average molecular weight is 855 g/mol. The highest BCUT2D eigenvalue weighted by Gasteiger charge is 2.29. The van der Waals surface area contributed by atoms with Crippen molar-refractivity contribution < 1.29 is 20.3 Å². The van der Waals surface area contributed by atoms with Gasteiger partial charge in [-0.25, -0.2) is 4.98 Å². The number of ether oxygens (including phenoxy) is 1. The van der Waals surface area contributed by atoms with E-state index in [4.69, 9.17) is 15.2 Å². The Labute approximate surface area is 393 Å². The highest BCUT2D eigenvalue weighted by atomic mass is 16.5. The fraction of sp³-hybridized carbons (Fsp3) is 0.200. The minimum absolute atomic E-state index is 0.00357. The number of hydrogen-bond acceptors (Lipinski definition) is 2. The Kier molecular flexibility index (Phi) is 7.31. The van der Waals surface area contributed by atoms with Crippen LogP contribution in [-0.2, 0) is 16.2 Å². The number of nitrogens with zero attached hydrogens (tertiary/aromatic N) is 4. The van der Waals surface area contributed by atoms with Gasteiger partial charge in [-0.05, 0) is 115 Å². The summed E-state index contributed by atoms with van der Waals surface area (Å²) in [5, 5.41) is 2.17. The van der Waals surface area contributed by atoms with Crippen LogP contribution in [-0.4, -0.2) is 14.1 Å². The van der Waals surface area contributed by atoms with Crippen LogP contribution in [0.15, 0.2) is 164 Å². The zero-order valence-electron chi connectivity index (χ0n) is 46.2. The third-order valence-electron chi connectivity index (χ3n) is 12.6. The highest BCUT2D eigenvalue weighted by molar-refractivity contribution is 6.09. The minimum Gasteiger partial charge on any atom is -0.458 e. The summed E-state index contributed by atoms with van der Waals surface area (Å²) in [5.74, 6) is 2.02. The van der Waals surface area contributed by atoms with E-state index in [-0.39, 0.29) is 45.2 Å². The third kappa shape index (κ3) is 6.75. The molecule has 0 saturated heterocycles. The zero-order valence-corrected chi connectivity index (χ0v) is 38.2. The van der Waals surface area contributed by atoms with Gasteiger partial charge < -0.3 is 4.74 Å². The molecular formula is C60H54N4O. The number of imidazole rings is 1. The van der Waals surface area contributed by atoms with Crippen molar-refractivity contribution in [2.24, 2.45) is 0 Å². The summed E-state index contributed by atoms with van der Waals surface area (Å²) >= 11 is 0. The van der Waals surface area contributed by atoms with Gasteiger partial charge in [0.1, 0.15) is 17.3 Å². The average Bonchev–Trinajstić information content (AvgIpc) is 3.91. The Balaban J connectivity index is 1.19. The van der Waals surface area contributed by atoms with Crippen molar-refractivity contribution in [1.82, 2.24) is 14.1 Å². The topological polar surface area (TPSA) is 35.9 Å². The van der Waals surface area contributed by atoms with Crippen LogP contribution in [0.5, 0.6) is 11.5 Å². The lowest BCUT2D eigenvalue weighted by atomic mass is 9.82. The van der Waals surface area contributed by atoms with E-state index in [1.807, 2.05) is 69.9 Å². The fourth-order valence-electron chi connectivity index (χ4n) is 9.31. The van der Waals surface area contributed by atoms with E-state index in [0.717, 1.165) is 38.8 Å². The van der Waals surface area contributed by atoms with Crippen LogP contribution in [0, 0.1) is 6.33 Å². The molecule has 320 valence electrons. The largest absolute Gasteiger partial charge is 0.458 e. The molecule has 5 heteroatoms. The van der Waals surface area contributed by atoms with E-state index in [2.05, 4.69) is 128 Å². The molecule has 0 N–H and O–H groups in total. The first kappa shape index (κ1) is 32.4. The summed E-state index contributed by atoms with van der Waals surface area (Å²) in [4.78, 5) is 4.89. The predicted molar refractivity (Wildman–Crippen MR) is 268 cm³/mol. The van der Waals surface area contributed by atoms with Crippen LogP contribution >= 0.6 is 0 Å². The van der Waals surface area contributed by atoms with Crippen molar-refractivity contribution in [1.29, 1.82) is 0 Å². The molecule has 0 saturated carbocycles. The molecule has 1 aliphatic rings. The van der Waals surface area contributed by atoms with Crippen molar-refractivity contribution >= 4 is 32.8 Å². The molecule has 0 radical (unpaired) electrons. The summed E-state index contributed by atoms with van der Waals surface area (Å²) in [5.41, 5.74) is 7.74. The number of pyridine rings is 1. The molecule has 10 aromatic rings. The second-order valence-corrected chi connectivity index (χ2v) is 20.1. The van der Waals surface area contributed by atoms with Gasteiger partial charge in [-0.1, -0.05) is 165 Å². The molecule has 5 nitrogen and oxygen atoms in total. The van der Waals surface area contributed by atoms with Crippen LogP contribution in [0.25, 0.3) is 83.4 Å². The van der Waals surface area contributed by atoms with Crippen molar-refractivity contribution in [3.8, 4) is 62.1 Å². The highest BCUT2D eigenvalue weighted by Crippen LogP contribution is 2.45. The monoisotopic (exact) mass is 854 g/mol. The summed E-state index contributed by atoms with van der Waals surface area (Å²) in [6, 6.07) is 32.8. The molecule has 1 aliphatic heterocycles. The van der Waals surface area contributed by atoms with E-state index in [9.17, 15) is 5.48 Å². The van der Waals surface area contributed by atoms with Gasteiger partial charge in [0.2, 0.25) is 0 Å². The second kappa shape index (κ2) is 14.6. The summed E-state index contributed by atoms with van der Waals surface area (Å²) < 4.78 is 86.9. The van der Waals surface area contributed by atoms with E-state index < -0.39 is 41.7 Å². The molecule has 0 spiro atoms. The van der Waals surface area contributed by atoms with Crippen LogP contribution in [0.2, 0.25) is 0 Å². The number of aromatic nitrogens is 4. The molecule has 0 atom stereocenters. The number of benzene rings is 7. The van der Waals surface area contributed by atoms with Crippen LogP contribution in [0.3, 0.4) is 0 Å². The third-order valence-corrected chi connectivity index (χ3v) is 12.6. The lowest BCUT2D eigenvalue weighted by Crippen LogP contribution is -2.35. The molecule has 4 heterocycles. The van der Waals surface area contributed by atoms with Gasteiger partial charge >= 0.3 is 0 Å². The first-order chi connectivity index (χ1) is 34.4. The summed E-state index contributed by atoms with van der Waals surface area (Å²) in [6.45, 7) is 19.3. The maximum absolute atomic E-state index is 9.57. The van der Waals surface area contributed by atoms with E-state index in [0.29, 0.717) is 45.0 Å². The smallest absolute Gasteiger partial charge is 0.269 e. The second-order valence-electron chi connectivity index (χ2n) is 20.1. The van der Waals surface area contributed by atoms with Crippen molar-refractivity contribution in [2.75, 3.05) is 0 Å². The Morgan fingerprint density at radius 2 is 1.17 bits per heavy atom. The molecule has 7 aromatic carbocycles. The number of hydrogen-bond donors (Lipinski definition) is 0. The van der Waals surface area contributed by atoms with Gasteiger partial charge in [-0.3, -0.25) is 13.7 Å². The van der Waals surface area contributed by atoms with Crippen molar-refractivity contribution in [2.45, 2.75) is 78.6 Å². The Morgan fingerprint density at radius 3 is 1.88 bits per heavy atom. The van der Waals surface area contributed by atoms with Gasteiger partial charge in [0.15, 0.2) is 0 Å². The van der Waals surface area contributed by atoms with Gasteiger partial charge in [0.25, 0.3) is 6.33 Å². The molecule has 0 unspecified atom stereocenters. The maximum Gasteiger partial charge on any atom is 0.269 e. The number of para-hydroxylation sites is 3. The summed E-state index contributed by atoms with van der Waals surface area (Å²) in [6.07, 6.45) is 5.60. The molecular weight excluding hydrogens is 793 g/mol.